The van der Waals surface area contributed by atoms with E-state index in [2.05, 4.69) is 14.9 Å². The van der Waals surface area contributed by atoms with Gasteiger partial charge >= 0.3 is 0 Å². The Hall–Kier alpha value is -1.16. The van der Waals surface area contributed by atoms with Gasteiger partial charge in [0.05, 0.1) is 0 Å². The van der Waals surface area contributed by atoms with Crippen LogP contribution in [0.2, 0.25) is 0 Å². The summed E-state index contributed by atoms with van der Waals surface area (Å²) in [6.07, 6.45) is 11.6. The topological polar surface area (TPSA) is 55.0 Å². The first-order valence-electron chi connectivity index (χ1n) is 7.69. The molecule has 0 amide bonds. The van der Waals surface area contributed by atoms with E-state index < -0.39 is 0 Å². The number of aryl methyl sites for hydroxylation is 1. The van der Waals surface area contributed by atoms with Gasteiger partial charge in [-0.3, -0.25) is 0 Å². The number of hydrogen-bond acceptors (Lipinski definition) is 4. The third-order valence-electron chi connectivity index (χ3n) is 4.52. The minimum absolute atomic E-state index is 0.469. The van der Waals surface area contributed by atoms with E-state index in [4.69, 9.17) is 5.73 Å². The number of piperidine rings is 1. The van der Waals surface area contributed by atoms with E-state index in [1.807, 2.05) is 0 Å². The summed E-state index contributed by atoms with van der Waals surface area (Å²) in [5, 5.41) is 0. The molecule has 0 bridgehead atoms. The fourth-order valence-electron chi connectivity index (χ4n) is 3.45. The summed E-state index contributed by atoms with van der Waals surface area (Å²) in [4.78, 5) is 11.6. The predicted molar refractivity (Wildman–Crippen MR) is 77.3 cm³/mol. The molecular formula is C15H24N4. The van der Waals surface area contributed by atoms with E-state index in [9.17, 15) is 0 Å². The van der Waals surface area contributed by atoms with Gasteiger partial charge in [0.1, 0.15) is 12.1 Å². The minimum atomic E-state index is 0.469. The summed E-state index contributed by atoms with van der Waals surface area (Å²) < 4.78 is 0. The number of anilines is 1. The lowest BCUT2D eigenvalue weighted by atomic mass is 10.0. The molecular weight excluding hydrogens is 236 g/mol. The van der Waals surface area contributed by atoms with E-state index in [1.54, 1.807) is 6.33 Å². The van der Waals surface area contributed by atoms with Crippen molar-refractivity contribution in [2.24, 2.45) is 5.73 Å². The molecule has 2 N–H and O–H groups in total. The summed E-state index contributed by atoms with van der Waals surface area (Å²) >= 11 is 0. The third-order valence-corrected chi connectivity index (χ3v) is 4.52. The van der Waals surface area contributed by atoms with Gasteiger partial charge in [0.25, 0.3) is 0 Å². The molecule has 1 aliphatic heterocycles. The van der Waals surface area contributed by atoms with Gasteiger partial charge in [0, 0.05) is 30.4 Å². The maximum Gasteiger partial charge on any atom is 0.135 e. The SMILES string of the molecule is NCC1CCCCN1c1ncnc2c1CCCCC2. The zero-order valence-corrected chi connectivity index (χ0v) is 11.6. The van der Waals surface area contributed by atoms with Crippen molar-refractivity contribution in [3.63, 3.8) is 0 Å². The summed E-state index contributed by atoms with van der Waals surface area (Å²) in [5.41, 5.74) is 8.64. The molecule has 1 atom stereocenters. The second-order valence-corrected chi connectivity index (χ2v) is 5.76. The number of rotatable bonds is 2. The highest BCUT2D eigenvalue weighted by Gasteiger charge is 2.26. The first-order valence-corrected chi connectivity index (χ1v) is 7.69. The number of aromatic nitrogens is 2. The van der Waals surface area contributed by atoms with Crippen molar-refractivity contribution in [1.82, 2.24) is 9.97 Å². The Morgan fingerprint density at radius 1 is 1.11 bits per heavy atom. The molecule has 1 fully saturated rings. The van der Waals surface area contributed by atoms with E-state index in [0.29, 0.717) is 6.04 Å². The van der Waals surface area contributed by atoms with Crippen LogP contribution in [-0.4, -0.2) is 29.1 Å². The smallest absolute Gasteiger partial charge is 0.135 e. The number of nitrogens with zero attached hydrogens (tertiary/aromatic N) is 3. The quantitative estimate of drug-likeness (QED) is 0.827. The van der Waals surface area contributed by atoms with Crippen molar-refractivity contribution in [3.05, 3.63) is 17.6 Å². The summed E-state index contributed by atoms with van der Waals surface area (Å²) in [7, 11) is 0. The number of fused-ring (bicyclic) bond motifs is 1. The molecule has 1 aromatic heterocycles. The van der Waals surface area contributed by atoms with Gasteiger partial charge in [0.2, 0.25) is 0 Å². The molecule has 2 aliphatic rings. The average Bonchev–Trinajstić information content (AvgIpc) is 2.72. The van der Waals surface area contributed by atoms with Crippen LogP contribution >= 0.6 is 0 Å². The zero-order valence-electron chi connectivity index (χ0n) is 11.6. The van der Waals surface area contributed by atoms with Crippen LogP contribution < -0.4 is 10.6 Å². The molecule has 3 rings (SSSR count). The third kappa shape index (κ3) is 2.59. The van der Waals surface area contributed by atoms with Gasteiger partial charge in [-0.2, -0.15) is 0 Å². The largest absolute Gasteiger partial charge is 0.352 e. The highest BCUT2D eigenvalue weighted by Crippen LogP contribution is 2.30. The van der Waals surface area contributed by atoms with Gasteiger partial charge in [-0.15, -0.1) is 0 Å². The highest BCUT2D eigenvalue weighted by molar-refractivity contribution is 5.50. The molecule has 0 saturated carbocycles. The van der Waals surface area contributed by atoms with Crippen LogP contribution in [-0.2, 0) is 12.8 Å². The van der Waals surface area contributed by atoms with Crippen molar-refractivity contribution in [1.29, 1.82) is 0 Å². The number of nitrogens with two attached hydrogens (primary N) is 1. The van der Waals surface area contributed by atoms with Crippen molar-refractivity contribution >= 4 is 5.82 Å². The van der Waals surface area contributed by atoms with E-state index in [-0.39, 0.29) is 0 Å². The standard InChI is InChI=1S/C15H24N4/c16-10-12-6-4-5-9-19(12)15-13-7-2-1-3-8-14(13)17-11-18-15/h11-12H,1-10,16H2. The Morgan fingerprint density at radius 3 is 2.89 bits per heavy atom. The second-order valence-electron chi connectivity index (χ2n) is 5.76. The molecule has 19 heavy (non-hydrogen) atoms. The molecule has 0 aromatic carbocycles. The molecule has 1 saturated heterocycles. The Balaban J connectivity index is 1.95. The number of hydrogen-bond donors (Lipinski definition) is 1. The van der Waals surface area contributed by atoms with Crippen LogP contribution in [0, 0.1) is 0 Å². The first-order chi connectivity index (χ1) is 9.40. The van der Waals surface area contributed by atoms with Crippen molar-refractivity contribution in [3.8, 4) is 0 Å². The minimum Gasteiger partial charge on any atom is -0.352 e. The molecule has 104 valence electrons. The predicted octanol–water partition coefficient (Wildman–Crippen LogP) is 2.06. The first kappa shape index (κ1) is 12.9. The van der Waals surface area contributed by atoms with Gasteiger partial charge in [-0.1, -0.05) is 6.42 Å². The highest BCUT2D eigenvalue weighted by atomic mass is 15.2. The summed E-state index contributed by atoms with van der Waals surface area (Å²) in [6.45, 7) is 1.84. The monoisotopic (exact) mass is 260 g/mol. The van der Waals surface area contributed by atoms with Gasteiger partial charge in [-0.05, 0) is 44.9 Å². The van der Waals surface area contributed by atoms with Crippen LogP contribution in [0.15, 0.2) is 6.33 Å². The maximum atomic E-state index is 5.95. The summed E-state index contributed by atoms with van der Waals surface area (Å²) in [6, 6.07) is 0.469. The van der Waals surface area contributed by atoms with Crippen LogP contribution in [0.25, 0.3) is 0 Å². The fourth-order valence-corrected chi connectivity index (χ4v) is 3.45. The van der Waals surface area contributed by atoms with Gasteiger partial charge < -0.3 is 10.6 Å². The Labute approximate surface area is 115 Å². The van der Waals surface area contributed by atoms with Crippen LogP contribution in [0.3, 0.4) is 0 Å². The van der Waals surface area contributed by atoms with Crippen molar-refractivity contribution < 1.29 is 0 Å². The van der Waals surface area contributed by atoms with Crippen molar-refractivity contribution in [2.45, 2.75) is 57.4 Å². The van der Waals surface area contributed by atoms with E-state index in [0.717, 1.165) is 25.9 Å². The molecule has 4 nitrogen and oxygen atoms in total. The van der Waals surface area contributed by atoms with Crippen LogP contribution in [0.4, 0.5) is 5.82 Å². The van der Waals surface area contributed by atoms with Crippen molar-refractivity contribution in [2.75, 3.05) is 18.0 Å². The lowest BCUT2D eigenvalue weighted by molar-refractivity contribution is 0.460. The van der Waals surface area contributed by atoms with Gasteiger partial charge in [0.15, 0.2) is 0 Å². The zero-order chi connectivity index (χ0) is 13.1. The fraction of sp³-hybridized carbons (Fsp3) is 0.733. The van der Waals surface area contributed by atoms with E-state index in [1.165, 1.54) is 55.6 Å². The molecule has 0 radical (unpaired) electrons. The lowest BCUT2D eigenvalue weighted by Gasteiger charge is -2.37. The molecule has 4 heteroatoms. The Morgan fingerprint density at radius 2 is 2.00 bits per heavy atom. The molecule has 2 heterocycles. The van der Waals surface area contributed by atoms with Crippen LogP contribution in [0.5, 0.6) is 0 Å². The Bertz CT molecular complexity index is 432. The molecule has 1 unspecified atom stereocenters. The van der Waals surface area contributed by atoms with E-state index >= 15 is 0 Å². The molecule has 0 spiro atoms. The normalized spacial score (nSPS) is 23.8. The summed E-state index contributed by atoms with van der Waals surface area (Å²) in [5.74, 6) is 1.18. The lowest BCUT2D eigenvalue weighted by Crippen LogP contribution is -2.45. The second kappa shape index (κ2) is 5.87. The Kier molecular flexibility index (Phi) is 3.97. The maximum absolute atomic E-state index is 5.95. The van der Waals surface area contributed by atoms with Crippen LogP contribution in [0.1, 0.15) is 49.8 Å². The van der Waals surface area contributed by atoms with Gasteiger partial charge in [-0.25, -0.2) is 9.97 Å². The molecule has 1 aromatic rings. The average molecular weight is 260 g/mol. The molecule has 1 aliphatic carbocycles.